The summed E-state index contributed by atoms with van der Waals surface area (Å²) in [7, 11) is 1.57. The van der Waals surface area contributed by atoms with E-state index in [-0.39, 0.29) is 10.9 Å². The lowest BCUT2D eigenvalue weighted by Gasteiger charge is -2.15. The van der Waals surface area contributed by atoms with Gasteiger partial charge < -0.3 is 24.8 Å². The summed E-state index contributed by atoms with van der Waals surface area (Å²) in [4.78, 5) is 38.1. The Kier molecular flexibility index (Phi) is 8.07. The molecule has 212 valence electrons. The molecule has 2 aromatic heterocycles. The number of likely N-dealkylation sites (tertiary alicyclic amines) is 1. The van der Waals surface area contributed by atoms with E-state index in [1.54, 1.807) is 13.3 Å². The maximum Gasteiger partial charge on any atom is 0.256 e. The summed E-state index contributed by atoms with van der Waals surface area (Å²) >= 11 is 0. The van der Waals surface area contributed by atoms with Gasteiger partial charge in [0, 0.05) is 44.0 Å². The summed E-state index contributed by atoms with van der Waals surface area (Å²) in [6.07, 6.45) is 9.95. The van der Waals surface area contributed by atoms with E-state index in [0.717, 1.165) is 43.6 Å². The second-order valence-corrected chi connectivity index (χ2v) is 10.8. The molecule has 0 unspecified atom stereocenters. The molecule has 2 aromatic carbocycles. The third kappa shape index (κ3) is 6.01. The fourth-order valence-corrected chi connectivity index (χ4v) is 5.78. The molecular weight excluding hydrogens is 516 g/mol. The number of carbonyl (C=O) groups excluding carboxylic acids is 1. The molecule has 41 heavy (non-hydrogen) atoms. The van der Waals surface area contributed by atoms with Crippen molar-refractivity contribution in [1.82, 2.24) is 24.8 Å². The Morgan fingerprint density at radius 1 is 1.02 bits per heavy atom. The predicted octanol–water partition coefficient (Wildman–Crippen LogP) is 4.03. The Balaban J connectivity index is 1.31. The number of pyridine rings is 1. The molecule has 9 heteroatoms. The third-order valence-corrected chi connectivity index (χ3v) is 8.07. The Hall–Kier alpha value is -4.08. The van der Waals surface area contributed by atoms with Crippen LogP contribution in [-0.2, 0) is 24.0 Å². The van der Waals surface area contributed by atoms with E-state index in [4.69, 9.17) is 9.72 Å². The first kappa shape index (κ1) is 27.1. The van der Waals surface area contributed by atoms with E-state index in [1.165, 1.54) is 48.8 Å². The van der Waals surface area contributed by atoms with Gasteiger partial charge in [-0.1, -0.05) is 18.2 Å². The van der Waals surface area contributed by atoms with Crippen LogP contribution in [0.1, 0.15) is 46.3 Å². The van der Waals surface area contributed by atoms with Gasteiger partial charge in [-0.25, -0.2) is 4.98 Å². The molecule has 2 aliphatic rings. The van der Waals surface area contributed by atoms with Crippen molar-refractivity contribution in [2.45, 2.75) is 38.5 Å². The Morgan fingerprint density at radius 2 is 1.83 bits per heavy atom. The second kappa shape index (κ2) is 12.2. The Morgan fingerprint density at radius 3 is 2.63 bits per heavy atom. The summed E-state index contributed by atoms with van der Waals surface area (Å²) in [6.45, 7) is 4.16. The minimum Gasteiger partial charge on any atom is -0.383 e. The smallest absolute Gasteiger partial charge is 0.256 e. The first-order chi connectivity index (χ1) is 20.1. The number of nitrogens with zero attached hydrogens (tertiary/aromatic N) is 4. The Labute approximate surface area is 239 Å². The highest BCUT2D eigenvalue weighted by Crippen LogP contribution is 2.26. The van der Waals surface area contributed by atoms with Gasteiger partial charge in [0.1, 0.15) is 5.56 Å². The van der Waals surface area contributed by atoms with E-state index in [1.807, 2.05) is 22.8 Å². The lowest BCUT2D eigenvalue weighted by atomic mass is 10.1. The first-order valence-electron chi connectivity index (χ1n) is 14.5. The van der Waals surface area contributed by atoms with Gasteiger partial charge >= 0.3 is 0 Å². The van der Waals surface area contributed by atoms with Crippen LogP contribution in [0.2, 0.25) is 0 Å². The van der Waals surface area contributed by atoms with E-state index in [2.05, 4.69) is 44.8 Å². The zero-order chi connectivity index (χ0) is 28.2. The van der Waals surface area contributed by atoms with Gasteiger partial charge in [0.2, 0.25) is 11.4 Å². The minimum absolute atomic E-state index is 0.0444. The molecule has 1 aliphatic heterocycles. The van der Waals surface area contributed by atoms with Crippen LogP contribution in [0.5, 0.6) is 0 Å². The molecule has 1 aliphatic carbocycles. The van der Waals surface area contributed by atoms with E-state index < -0.39 is 11.3 Å². The highest BCUT2D eigenvalue weighted by molar-refractivity contribution is 5.97. The number of ether oxygens (including phenoxy) is 1. The molecule has 2 N–H and O–H groups in total. The normalized spacial score (nSPS) is 14.9. The monoisotopic (exact) mass is 552 g/mol. The van der Waals surface area contributed by atoms with Crippen LogP contribution in [-0.4, -0.2) is 65.2 Å². The average Bonchev–Trinajstić information content (AvgIpc) is 3.69. The summed E-state index contributed by atoms with van der Waals surface area (Å²) in [5.74, 6) is -0.0650. The fraction of sp³-hybridized carbons (Fsp3) is 0.375. The number of hydrogen-bond acceptors (Lipinski definition) is 7. The van der Waals surface area contributed by atoms with Crippen molar-refractivity contribution in [3.63, 3.8) is 0 Å². The number of anilines is 2. The molecule has 0 atom stereocenters. The SMILES string of the molecule is COCCNC(=O)c1cn(-c2ccc3c(c2)CCC3)c2nc(Nc3ccc(CCN4CCCC4)cc3)ncc2c1=O. The van der Waals surface area contributed by atoms with Crippen molar-refractivity contribution in [2.24, 2.45) is 0 Å². The van der Waals surface area contributed by atoms with Crippen LogP contribution >= 0.6 is 0 Å². The standard InChI is InChI=1S/C32H36N6O3/c1-41-18-14-33-31(40)28-21-38(26-12-9-23-5-4-6-24(23)19-26)30-27(29(28)39)20-34-32(36-30)35-25-10-7-22(8-11-25)13-17-37-15-2-3-16-37/h7-12,19-21H,2-6,13-18H2,1H3,(H,33,40)(H,34,35,36). The van der Waals surface area contributed by atoms with Crippen LogP contribution in [0.4, 0.5) is 11.6 Å². The molecule has 4 aromatic rings. The largest absolute Gasteiger partial charge is 0.383 e. The van der Waals surface area contributed by atoms with Crippen LogP contribution in [0.25, 0.3) is 16.7 Å². The molecule has 0 saturated carbocycles. The summed E-state index contributed by atoms with van der Waals surface area (Å²) < 4.78 is 6.87. The zero-order valence-electron chi connectivity index (χ0n) is 23.5. The molecule has 0 radical (unpaired) electrons. The molecule has 0 bridgehead atoms. The van der Waals surface area contributed by atoms with Crippen LogP contribution in [0.15, 0.2) is 59.7 Å². The number of aryl methyl sites for hydroxylation is 2. The van der Waals surface area contributed by atoms with Gasteiger partial charge in [0.05, 0.1) is 12.0 Å². The molecule has 3 heterocycles. The van der Waals surface area contributed by atoms with E-state index in [9.17, 15) is 9.59 Å². The number of hydrogen-bond donors (Lipinski definition) is 2. The number of methoxy groups -OCH3 is 1. The molecule has 9 nitrogen and oxygen atoms in total. The van der Waals surface area contributed by atoms with Gasteiger partial charge in [0.15, 0.2) is 5.65 Å². The molecule has 1 amide bonds. The second-order valence-electron chi connectivity index (χ2n) is 10.8. The van der Waals surface area contributed by atoms with Gasteiger partial charge in [-0.3, -0.25) is 9.59 Å². The van der Waals surface area contributed by atoms with E-state index >= 15 is 0 Å². The van der Waals surface area contributed by atoms with Crippen molar-refractivity contribution in [1.29, 1.82) is 0 Å². The van der Waals surface area contributed by atoms with Crippen molar-refractivity contribution in [3.05, 3.63) is 87.3 Å². The number of nitrogens with one attached hydrogen (secondary N) is 2. The average molecular weight is 553 g/mol. The van der Waals surface area contributed by atoms with Crippen LogP contribution in [0, 0.1) is 0 Å². The molecule has 1 saturated heterocycles. The maximum absolute atomic E-state index is 13.4. The number of rotatable bonds is 10. The molecule has 0 spiro atoms. The molecule has 6 rings (SSSR count). The Bertz CT molecular complexity index is 1610. The molecule has 1 fully saturated rings. The van der Waals surface area contributed by atoms with Crippen molar-refractivity contribution >= 4 is 28.6 Å². The number of benzene rings is 2. The minimum atomic E-state index is -0.448. The summed E-state index contributed by atoms with van der Waals surface area (Å²) in [6, 6.07) is 14.6. The number of aromatic nitrogens is 3. The fourth-order valence-electron chi connectivity index (χ4n) is 5.78. The number of amides is 1. The predicted molar refractivity (Wildman–Crippen MR) is 160 cm³/mol. The highest BCUT2D eigenvalue weighted by Gasteiger charge is 2.19. The summed E-state index contributed by atoms with van der Waals surface area (Å²) in [5.41, 5.74) is 5.74. The quantitative estimate of drug-likeness (QED) is 0.287. The maximum atomic E-state index is 13.4. The van der Waals surface area contributed by atoms with Gasteiger partial charge in [-0.2, -0.15) is 4.98 Å². The highest BCUT2D eigenvalue weighted by atomic mass is 16.5. The van der Waals surface area contributed by atoms with Crippen molar-refractivity contribution < 1.29 is 9.53 Å². The summed E-state index contributed by atoms with van der Waals surface area (Å²) in [5, 5.41) is 6.34. The number of carbonyl (C=O) groups is 1. The lowest BCUT2D eigenvalue weighted by molar-refractivity contribution is 0.0935. The first-order valence-corrected chi connectivity index (χ1v) is 14.5. The van der Waals surface area contributed by atoms with Gasteiger partial charge in [0.25, 0.3) is 5.91 Å². The molecular formula is C32H36N6O3. The number of fused-ring (bicyclic) bond motifs is 2. The van der Waals surface area contributed by atoms with Gasteiger partial charge in [-0.05, 0) is 92.6 Å². The van der Waals surface area contributed by atoms with E-state index in [0.29, 0.717) is 24.7 Å². The van der Waals surface area contributed by atoms with Crippen molar-refractivity contribution in [3.8, 4) is 5.69 Å². The zero-order valence-corrected chi connectivity index (χ0v) is 23.5. The van der Waals surface area contributed by atoms with Crippen molar-refractivity contribution in [2.75, 3.05) is 45.2 Å². The van der Waals surface area contributed by atoms with Crippen LogP contribution < -0.4 is 16.1 Å². The topological polar surface area (TPSA) is 101 Å². The third-order valence-electron chi connectivity index (χ3n) is 8.07. The van der Waals surface area contributed by atoms with Gasteiger partial charge in [-0.15, -0.1) is 0 Å². The lowest BCUT2D eigenvalue weighted by Crippen LogP contribution is -2.32. The van der Waals surface area contributed by atoms with Crippen LogP contribution in [0.3, 0.4) is 0 Å².